The number of ether oxygens (including phenoxy) is 1. The number of hydrogen-bond acceptors (Lipinski definition) is 5. The molecule has 0 saturated carbocycles. The molecule has 2 atom stereocenters. The third kappa shape index (κ3) is 5.82. The van der Waals surface area contributed by atoms with Crippen LogP contribution in [0.25, 0.3) is 0 Å². The summed E-state index contributed by atoms with van der Waals surface area (Å²) in [7, 11) is 0. The van der Waals surface area contributed by atoms with E-state index >= 15 is 0 Å². The third-order valence-corrected chi connectivity index (χ3v) is 7.00. The number of nitrogens with one attached hydrogen (secondary N) is 1. The lowest BCUT2D eigenvalue weighted by atomic mass is 9.95. The lowest BCUT2D eigenvalue weighted by Gasteiger charge is -2.42. The second kappa shape index (κ2) is 11.3. The number of aliphatic carboxylic acids is 1. The van der Waals surface area contributed by atoms with Crippen molar-refractivity contribution in [3.8, 4) is 5.75 Å². The van der Waals surface area contributed by atoms with Crippen molar-refractivity contribution in [1.82, 2.24) is 15.1 Å². The predicted molar refractivity (Wildman–Crippen MR) is 136 cm³/mol. The van der Waals surface area contributed by atoms with Crippen LogP contribution < -0.4 is 10.1 Å². The van der Waals surface area contributed by atoms with Gasteiger partial charge in [0.25, 0.3) is 5.91 Å². The van der Waals surface area contributed by atoms with E-state index in [1.807, 2.05) is 32.0 Å². The van der Waals surface area contributed by atoms with Gasteiger partial charge in [0.1, 0.15) is 18.3 Å². The van der Waals surface area contributed by atoms with E-state index in [-0.39, 0.29) is 17.9 Å². The van der Waals surface area contributed by atoms with Gasteiger partial charge in [0.15, 0.2) is 6.10 Å². The van der Waals surface area contributed by atoms with Crippen LogP contribution in [-0.4, -0.2) is 64.5 Å². The number of hydrogen-bond donors (Lipinski definition) is 2. The van der Waals surface area contributed by atoms with Crippen LogP contribution in [0.3, 0.4) is 0 Å². The molecule has 8 nitrogen and oxygen atoms in total. The molecule has 1 saturated heterocycles. The minimum Gasteiger partial charge on any atom is -0.480 e. The Balaban J connectivity index is 1.65. The zero-order valence-electron chi connectivity index (χ0n) is 20.5. The molecule has 36 heavy (non-hydrogen) atoms. The minimum atomic E-state index is -1.16. The minimum absolute atomic E-state index is 0.137. The summed E-state index contributed by atoms with van der Waals surface area (Å²) in [6.07, 6.45) is 0.592. The van der Waals surface area contributed by atoms with Gasteiger partial charge in [0.05, 0.1) is 0 Å². The van der Waals surface area contributed by atoms with Gasteiger partial charge in [-0.25, -0.2) is 0 Å². The average molecular weight is 514 g/mol. The Morgan fingerprint density at radius 1 is 1.14 bits per heavy atom. The summed E-state index contributed by atoms with van der Waals surface area (Å²) in [6.45, 7) is 5.62. The van der Waals surface area contributed by atoms with Gasteiger partial charge in [-0.15, -0.1) is 0 Å². The smallest absolute Gasteiger partial charge is 0.322 e. The van der Waals surface area contributed by atoms with Gasteiger partial charge in [-0.3, -0.25) is 19.3 Å². The highest BCUT2D eigenvalue weighted by Gasteiger charge is 2.45. The van der Waals surface area contributed by atoms with Gasteiger partial charge >= 0.3 is 5.97 Å². The topological polar surface area (TPSA) is 99.2 Å². The molecule has 2 N–H and O–H groups in total. The Morgan fingerprint density at radius 3 is 2.47 bits per heavy atom. The number of nitrogens with zero attached hydrogens (tertiary/aromatic N) is 2. The van der Waals surface area contributed by atoms with Crippen molar-refractivity contribution in [3.63, 3.8) is 0 Å². The van der Waals surface area contributed by atoms with Crippen molar-refractivity contribution in [2.45, 2.75) is 51.4 Å². The fraction of sp³-hybridized carbons (Fsp3) is 0.444. The maximum atomic E-state index is 13.9. The summed E-state index contributed by atoms with van der Waals surface area (Å²) in [5.41, 5.74) is 1.69. The number of carboxylic acids is 1. The summed E-state index contributed by atoms with van der Waals surface area (Å²) < 4.78 is 6.16. The maximum absolute atomic E-state index is 13.9. The van der Waals surface area contributed by atoms with Crippen LogP contribution in [0.1, 0.15) is 43.9 Å². The van der Waals surface area contributed by atoms with Crippen molar-refractivity contribution in [2.24, 2.45) is 5.92 Å². The SMILES string of the molecule is CC(C)C1Oc2ccc(Cl)cc2C(C(=O)NCC(=O)O)N(C2CCN(Cc3ccccc3)CC2)C1=O. The Hall–Kier alpha value is -3.10. The monoisotopic (exact) mass is 513 g/mol. The highest BCUT2D eigenvalue weighted by molar-refractivity contribution is 6.30. The first-order valence-corrected chi connectivity index (χ1v) is 12.7. The van der Waals surface area contributed by atoms with Gasteiger partial charge in [0, 0.05) is 36.3 Å². The van der Waals surface area contributed by atoms with Crippen LogP contribution in [-0.2, 0) is 20.9 Å². The van der Waals surface area contributed by atoms with Crippen molar-refractivity contribution < 1.29 is 24.2 Å². The van der Waals surface area contributed by atoms with E-state index in [0.29, 0.717) is 29.2 Å². The van der Waals surface area contributed by atoms with Gasteiger partial charge in [0.2, 0.25) is 5.91 Å². The fourth-order valence-electron chi connectivity index (χ4n) is 4.99. The molecule has 2 unspecified atom stereocenters. The number of fused-ring (bicyclic) bond motifs is 1. The Bertz CT molecular complexity index is 1100. The molecule has 0 aliphatic carbocycles. The van der Waals surface area contributed by atoms with Crippen molar-refractivity contribution in [1.29, 1.82) is 0 Å². The summed E-state index contributed by atoms with van der Waals surface area (Å²) in [6, 6.07) is 13.9. The summed E-state index contributed by atoms with van der Waals surface area (Å²) >= 11 is 6.30. The van der Waals surface area contributed by atoms with E-state index in [1.54, 1.807) is 23.1 Å². The standard InChI is InChI=1S/C27H32ClN3O5/c1-17(2)25-27(35)31(20-10-12-30(13-11-20)16-18-6-4-3-5-7-18)24(26(34)29-15-23(32)33)21-14-19(28)8-9-22(21)36-25/h3-9,14,17,20,24-25H,10-13,15-16H2,1-2H3,(H,29,34)(H,32,33). The molecule has 2 aromatic rings. The molecule has 1 fully saturated rings. The van der Waals surface area contributed by atoms with E-state index in [4.69, 9.17) is 21.4 Å². The van der Waals surface area contributed by atoms with Gasteiger partial charge in [-0.1, -0.05) is 55.8 Å². The highest BCUT2D eigenvalue weighted by atomic mass is 35.5. The molecular weight excluding hydrogens is 482 g/mol. The number of halogens is 1. The maximum Gasteiger partial charge on any atom is 0.322 e. The molecule has 2 aromatic carbocycles. The number of carboxylic acid groups (broad SMARTS) is 1. The quantitative estimate of drug-likeness (QED) is 0.588. The first-order valence-electron chi connectivity index (χ1n) is 12.3. The molecule has 9 heteroatoms. The molecule has 2 aliphatic heterocycles. The third-order valence-electron chi connectivity index (χ3n) is 6.76. The summed E-state index contributed by atoms with van der Waals surface area (Å²) in [5.74, 6) is -1.72. The largest absolute Gasteiger partial charge is 0.480 e. The predicted octanol–water partition coefficient (Wildman–Crippen LogP) is 3.49. The highest BCUT2D eigenvalue weighted by Crippen LogP contribution is 2.40. The van der Waals surface area contributed by atoms with Gasteiger partial charge in [-0.05, 0) is 42.5 Å². The number of amides is 2. The first kappa shape index (κ1) is 26.0. The second-order valence-electron chi connectivity index (χ2n) is 9.72. The van der Waals surface area contributed by atoms with Crippen molar-refractivity contribution >= 4 is 29.4 Å². The number of rotatable bonds is 7. The van der Waals surface area contributed by atoms with E-state index in [1.165, 1.54) is 5.56 Å². The molecule has 2 amide bonds. The van der Waals surface area contributed by atoms with Gasteiger partial charge < -0.3 is 20.1 Å². The number of likely N-dealkylation sites (tertiary alicyclic amines) is 1. The van der Waals surface area contributed by atoms with E-state index in [0.717, 1.165) is 19.6 Å². The van der Waals surface area contributed by atoms with Crippen molar-refractivity contribution in [2.75, 3.05) is 19.6 Å². The number of benzene rings is 2. The molecule has 0 spiro atoms. The van der Waals surface area contributed by atoms with E-state index < -0.39 is 30.6 Å². The molecular formula is C27H32ClN3O5. The number of carbonyl (C=O) groups is 3. The van der Waals surface area contributed by atoms with Gasteiger partial charge in [-0.2, -0.15) is 0 Å². The Labute approximate surface area is 216 Å². The van der Waals surface area contributed by atoms with Crippen LogP contribution in [0.15, 0.2) is 48.5 Å². The zero-order valence-corrected chi connectivity index (χ0v) is 21.3. The molecule has 192 valence electrons. The Kier molecular flexibility index (Phi) is 8.16. The average Bonchev–Trinajstić information content (AvgIpc) is 2.98. The number of piperidine rings is 1. The normalized spacial score (nSPS) is 21.0. The van der Waals surface area contributed by atoms with Crippen LogP contribution in [0.5, 0.6) is 5.75 Å². The fourth-order valence-corrected chi connectivity index (χ4v) is 5.17. The molecule has 2 heterocycles. The van der Waals surface area contributed by atoms with Crippen molar-refractivity contribution in [3.05, 3.63) is 64.7 Å². The molecule has 4 rings (SSSR count). The van der Waals surface area contributed by atoms with Crippen LogP contribution in [0.4, 0.5) is 0 Å². The van der Waals surface area contributed by atoms with Crippen LogP contribution in [0.2, 0.25) is 5.02 Å². The van der Waals surface area contributed by atoms with Crippen LogP contribution >= 0.6 is 11.6 Å². The lowest BCUT2D eigenvalue weighted by molar-refractivity contribution is -0.151. The molecule has 0 radical (unpaired) electrons. The Morgan fingerprint density at radius 2 is 1.83 bits per heavy atom. The molecule has 0 aromatic heterocycles. The lowest BCUT2D eigenvalue weighted by Crippen LogP contribution is -2.55. The van der Waals surface area contributed by atoms with E-state index in [9.17, 15) is 14.4 Å². The first-order chi connectivity index (χ1) is 17.2. The second-order valence-corrected chi connectivity index (χ2v) is 10.2. The molecule has 0 bridgehead atoms. The summed E-state index contributed by atoms with van der Waals surface area (Å²) in [5, 5.41) is 12.0. The number of carbonyl (C=O) groups excluding carboxylic acids is 2. The zero-order chi connectivity index (χ0) is 25.8. The van der Waals surface area contributed by atoms with Crippen LogP contribution in [0, 0.1) is 5.92 Å². The molecule has 2 aliphatic rings. The summed E-state index contributed by atoms with van der Waals surface area (Å²) in [4.78, 5) is 42.5. The van der Waals surface area contributed by atoms with E-state index in [2.05, 4.69) is 22.3 Å².